The largest absolute Gasteiger partial charge is 0.321 e. The molecule has 1 aromatic carbocycles. The molecule has 1 nitrogen and oxygen atoms in total. The zero-order chi connectivity index (χ0) is 12.8. The average molecular weight is 243 g/mol. The second-order valence-corrected chi connectivity index (χ2v) is 5.72. The van der Waals surface area contributed by atoms with Gasteiger partial charge in [0.25, 0.3) is 0 Å². The lowest BCUT2D eigenvalue weighted by Gasteiger charge is -2.27. The molecule has 17 heavy (non-hydrogen) atoms. The van der Waals surface area contributed by atoms with Crippen molar-refractivity contribution in [1.29, 1.82) is 0 Å². The first kappa shape index (κ1) is 12.4. The summed E-state index contributed by atoms with van der Waals surface area (Å²) in [6.07, 6.45) is 2.01. The van der Waals surface area contributed by atoms with Crippen LogP contribution in [0.4, 0.5) is 13.2 Å². The van der Waals surface area contributed by atoms with E-state index in [9.17, 15) is 13.2 Å². The Bertz CT molecular complexity index is 456. The van der Waals surface area contributed by atoms with Crippen LogP contribution >= 0.6 is 0 Å². The normalized spacial score (nSPS) is 27.4. The highest BCUT2D eigenvalue weighted by Crippen LogP contribution is 2.48. The fraction of sp³-hybridized carbons (Fsp3) is 0.538. The van der Waals surface area contributed by atoms with Crippen LogP contribution < -0.4 is 5.73 Å². The van der Waals surface area contributed by atoms with E-state index >= 15 is 0 Å². The highest BCUT2D eigenvalue weighted by atomic mass is 19.2. The molecule has 1 aromatic rings. The van der Waals surface area contributed by atoms with Gasteiger partial charge in [0, 0.05) is 11.1 Å². The summed E-state index contributed by atoms with van der Waals surface area (Å²) in [6, 6.07) is 2.20. The molecule has 1 aliphatic carbocycles. The summed E-state index contributed by atoms with van der Waals surface area (Å²) >= 11 is 0. The molecule has 1 atom stereocenters. The summed E-state index contributed by atoms with van der Waals surface area (Å²) in [5.74, 6) is -3.76. The van der Waals surface area contributed by atoms with Crippen molar-refractivity contribution >= 4 is 0 Å². The Hall–Kier alpha value is -1.03. The van der Waals surface area contributed by atoms with Gasteiger partial charge in [0.2, 0.25) is 0 Å². The lowest BCUT2D eigenvalue weighted by Crippen LogP contribution is -2.36. The third-order valence-corrected chi connectivity index (χ3v) is 3.61. The van der Waals surface area contributed by atoms with Gasteiger partial charge in [0.05, 0.1) is 0 Å². The molecule has 1 aliphatic rings. The van der Waals surface area contributed by atoms with Crippen molar-refractivity contribution in [3.8, 4) is 0 Å². The van der Waals surface area contributed by atoms with E-state index in [1.807, 2.05) is 13.8 Å². The van der Waals surface area contributed by atoms with Gasteiger partial charge in [-0.2, -0.15) is 0 Å². The molecule has 0 saturated heterocycles. The molecule has 1 fully saturated rings. The topological polar surface area (TPSA) is 26.0 Å². The van der Waals surface area contributed by atoms with Crippen molar-refractivity contribution in [2.24, 2.45) is 11.1 Å². The van der Waals surface area contributed by atoms with E-state index < -0.39 is 23.0 Å². The van der Waals surface area contributed by atoms with E-state index in [0.717, 1.165) is 12.5 Å². The number of rotatable bonds is 1. The second-order valence-electron chi connectivity index (χ2n) is 5.72. The van der Waals surface area contributed by atoms with E-state index in [4.69, 9.17) is 5.73 Å². The van der Waals surface area contributed by atoms with Gasteiger partial charge in [-0.15, -0.1) is 0 Å². The maximum atomic E-state index is 13.7. The van der Waals surface area contributed by atoms with Gasteiger partial charge in [0.15, 0.2) is 17.5 Å². The van der Waals surface area contributed by atoms with Crippen LogP contribution in [-0.2, 0) is 5.54 Å². The van der Waals surface area contributed by atoms with Crippen molar-refractivity contribution in [2.75, 3.05) is 0 Å². The Morgan fingerprint density at radius 1 is 1.06 bits per heavy atom. The number of benzene rings is 1. The monoisotopic (exact) mass is 243 g/mol. The quantitative estimate of drug-likeness (QED) is 0.751. The second kappa shape index (κ2) is 3.73. The third kappa shape index (κ3) is 2.06. The van der Waals surface area contributed by atoms with Gasteiger partial charge in [0.1, 0.15) is 0 Å². The first-order chi connectivity index (χ1) is 7.75. The summed E-state index contributed by atoms with van der Waals surface area (Å²) in [5.41, 5.74) is 5.35. The highest BCUT2D eigenvalue weighted by Gasteiger charge is 2.43. The SMILES string of the molecule is CC1(C)CCC(N)(c2ccc(F)c(F)c2F)C1. The first-order valence-corrected chi connectivity index (χ1v) is 5.68. The van der Waals surface area contributed by atoms with Crippen molar-refractivity contribution in [1.82, 2.24) is 0 Å². The molecule has 0 heterocycles. The molecule has 1 saturated carbocycles. The predicted molar refractivity (Wildman–Crippen MR) is 59.8 cm³/mol. The average Bonchev–Trinajstić information content (AvgIpc) is 2.50. The lowest BCUT2D eigenvalue weighted by molar-refractivity contribution is 0.328. The van der Waals surface area contributed by atoms with E-state index in [1.54, 1.807) is 0 Å². The molecule has 2 N–H and O–H groups in total. The molecule has 0 spiro atoms. The lowest BCUT2D eigenvalue weighted by atomic mass is 9.84. The molecular formula is C13H16F3N. The van der Waals surface area contributed by atoms with Gasteiger partial charge in [-0.05, 0) is 30.7 Å². The highest BCUT2D eigenvalue weighted by molar-refractivity contribution is 5.29. The van der Waals surface area contributed by atoms with Crippen LogP contribution in [0.5, 0.6) is 0 Å². The summed E-state index contributed by atoms with van der Waals surface area (Å²) in [5, 5.41) is 0. The van der Waals surface area contributed by atoms with Gasteiger partial charge in [-0.1, -0.05) is 19.9 Å². The smallest absolute Gasteiger partial charge is 0.194 e. The minimum absolute atomic E-state index is 0.00600. The van der Waals surface area contributed by atoms with Gasteiger partial charge < -0.3 is 5.73 Å². The Labute approximate surface area is 98.8 Å². The Morgan fingerprint density at radius 2 is 1.71 bits per heavy atom. The zero-order valence-corrected chi connectivity index (χ0v) is 9.99. The summed E-state index contributed by atoms with van der Waals surface area (Å²) in [6.45, 7) is 4.08. The van der Waals surface area contributed by atoms with E-state index in [0.29, 0.717) is 12.8 Å². The summed E-state index contributed by atoms with van der Waals surface area (Å²) in [7, 11) is 0. The molecule has 4 heteroatoms. The van der Waals surface area contributed by atoms with Crippen molar-refractivity contribution in [2.45, 2.75) is 38.6 Å². The van der Waals surface area contributed by atoms with Crippen LogP contribution in [0.3, 0.4) is 0 Å². The minimum atomic E-state index is -1.43. The molecule has 2 rings (SSSR count). The Kier molecular flexibility index (Phi) is 2.73. The number of nitrogens with two attached hydrogens (primary N) is 1. The van der Waals surface area contributed by atoms with E-state index in [-0.39, 0.29) is 11.0 Å². The molecular weight excluding hydrogens is 227 g/mol. The third-order valence-electron chi connectivity index (χ3n) is 3.61. The van der Waals surface area contributed by atoms with Gasteiger partial charge in [-0.25, -0.2) is 13.2 Å². The number of hydrogen-bond donors (Lipinski definition) is 1. The molecule has 0 aromatic heterocycles. The fourth-order valence-corrected chi connectivity index (χ4v) is 2.73. The Balaban J connectivity index is 2.45. The fourth-order valence-electron chi connectivity index (χ4n) is 2.73. The molecule has 1 unspecified atom stereocenters. The number of hydrogen-bond acceptors (Lipinski definition) is 1. The van der Waals surface area contributed by atoms with Crippen molar-refractivity contribution in [3.05, 3.63) is 35.1 Å². The van der Waals surface area contributed by atoms with Crippen LogP contribution in [0.2, 0.25) is 0 Å². The van der Waals surface area contributed by atoms with Gasteiger partial charge in [-0.3, -0.25) is 0 Å². The summed E-state index contributed by atoms with van der Waals surface area (Å²) in [4.78, 5) is 0. The van der Waals surface area contributed by atoms with Gasteiger partial charge >= 0.3 is 0 Å². The maximum Gasteiger partial charge on any atom is 0.194 e. The first-order valence-electron chi connectivity index (χ1n) is 5.68. The van der Waals surface area contributed by atoms with Crippen LogP contribution in [0, 0.1) is 22.9 Å². The van der Waals surface area contributed by atoms with Crippen LogP contribution in [0.15, 0.2) is 12.1 Å². The maximum absolute atomic E-state index is 13.7. The minimum Gasteiger partial charge on any atom is -0.321 e. The zero-order valence-electron chi connectivity index (χ0n) is 9.99. The molecule has 0 radical (unpaired) electrons. The van der Waals surface area contributed by atoms with Crippen LogP contribution in [-0.4, -0.2) is 0 Å². The standard InChI is InChI=1S/C13H16F3N/c1-12(2)5-6-13(17,7-12)8-3-4-9(14)11(16)10(8)15/h3-4H,5-7,17H2,1-2H3. The molecule has 0 aliphatic heterocycles. The molecule has 94 valence electrons. The van der Waals surface area contributed by atoms with Crippen LogP contribution in [0.25, 0.3) is 0 Å². The molecule has 0 bridgehead atoms. The predicted octanol–water partition coefficient (Wildman–Crippen LogP) is 3.47. The van der Waals surface area contributed by atoms with Crippen molar-refractivity contribution < 1.29 is 13.2 Å². The van der Waals surface area contributed by atoms with Crippen LogP contribution in [0.1, 0.15) is 38.7 Å². The number of halogens is 3. The summed E-state index contributed by atoms with van der Waals surface area (Å²) < 4.78 is 39.8. The van der Waals surface area contributed by atoms with E-state index in [1.165, 1.54) is 6.07 Å². The Morgan fingerprint density at radius 3 is 2.24 bits per heavy atom. The van der Waals surface area contributed by atoms with E-state index in [2.05, 4.69) is 0 Å². The molecule has 0 amide bonds. The van der Waals surface area contributed by atoms with Crippen molar-refractivity contribution in [3.63, 3.8) is 0 Å².